The Hall–Kier alpha value is -3.15. The number of carbonyl (C=O) groups excluding carboxylic acids is 1. The minimum absolute atomic E-state index is 0.309. The van der Waals surface area contributed by atoms with Gasteiger partial charge in [-0.15, -0.1) is 0 Å². The summed E-state index contributed by atoms with van der Waals surface area (Å²) in [5.74, 6) is 0.0842. The first kappa shape index (κ1) is 14.8. The molecule has 116 valence electrons. The molecule has 0 saturated heterocycles. The molecular formula is C17H14FN3O2. The summed E-state index contributed by atoms with van der Waals surface area (Å²) in [6.45, 7) is 0. The van der Waals surface area contributed by atoms with Crippen molar-refractivity contribution in [3.8, 4) is 17.0 Å². The number of aromatic nitrogens is 2. The van der Waals surface area contributed by atoms with Crippen molar-refractivity contribution in [3.05, 3.63) is 66.1 Å². The molecule has 5 nitrogen and oxygen atoms in total. The summed E-state index contributed by atoms with van der Waals surface area (Å²) in [7, 11) is 1.58. The fourth-order valence-corrected chi connectivity index (χ4v) is 2.08. The molecule has 0 aliphatic rings. The molecule has 1 aromatic heterocycles. The fraction of sp³-hybridized carbons (Fsp3) is 0.0588. The van der Waals surface area contributed by atoms with Gasteiger partial charge in [-0.25, -0.2) is 4.39 Å². The number of carbonyl (C=O) groups is 1. The van der Waals surface area contributed by atoms with Crippen LogP contribution >= 0.6 is 0 Å². The maximum absolute atomic E-state index is 12.9. The first-order chi connectivity index (χ1) is 11.2. The van der Waals surface area contributed by atoms with Crippen LogP contribution < -0.4 is 10.1 Å². The van der Waals surface area contributed by atoms with E-state index < -0.39 is 0 Å². The maximum atomic E-state index is 12.9. The second-order valence-corrected chi connectivity index (χ2v) is 4.86. The van der Waals surface area contributed by atoms with Crippen molar-refractivity contribution in [2.45, 2.75) is 0 Å². The summed E-state index contributed by atoms with van der Waals surface area (Å²) in [6, 6.07) is 14.5. The summed E-state index contributed by atoms with van der Waals surface area (Å²) in [5, 5.41) is 9.52. The van der Waals surface area contributed by atoms with Gasteiger partial charge in [0.05, 0.1) is 12.8 Å². The van der Waals surface area contributed by atoms with Gasteiger partial charge in [0.15, 0.2) is 0 Å². The number of aromatic amines is 1. The zero-order valence-electron chi connectivity index (χ0n) is 12.3. The third-order valence-corrected chi connectivity index (χ3v) is 3.31. The van der Waals surface area contributed by atoms with E-state index in [0.717, 1.165) is 5.56 Å². The number of nitrogens with one attached hydrogen (secondary N) is 2. The molecule has 3 rings (SSSR count). The molecule has 0 bridgehead atoms. The first-order valence-corrected chi connectivity index (χ1v) is 6.92. The lowest BCUT2D eigenvalue weighted by molar-refractivity contribution is 0.102. The monoisotopic (exact) mass is 311 g/mol. The summed E-state index contributed by atoms with van der Waals surface area (Å²) < 4.78 is 18.0. The van der Waals surface area contributed by atoms with E-state index in [-0.39, 0.29) is 11.7 Å². The van der Waals surface area contributed by atoms with Crippen LogP contribution in [0.4, 0.5) is 10.1 Å². The highest BCUT2D eigenvalue weighted by molar-refractivity contribution is 6.03. The average Bonchev–Trinajstić information content (AvgIpc) is 3.06. The second-order valence-electron chi connectivity index (χ2n) is 4.86. The van der Waals surface area contributed by atoms with Crippen LogP contribution in [0.1, 0.15) is 10.5 Å². The molecule has 0 radical (unpaired) electrons. The highest BCUT2D eigenvalue weighted by Crippen LogP contribution is 2.19. The summed E-state index contributed by atoms with van der Waals surface area (Å²) in [4.78, 5) is 12.2. The van der Waals surface area contributed by atoms with E-state index >= 15 is 0 Å². The Bertz CT molecular complexity index is 811. The third-order valence-electron chi connectivity index (χ3n) is 3.31. The topological polar surface area (TPSA) is 67.0 Å². The Morgan fingerprint density at radius 2 is 1.83 bits per heavy atom. The number of methoxy groups -OCH3 is 1. The molecule has 2 aromatic carbocycles. The van der Waals surface area contributed by atoms with Crippen molar-refractivity contribution in [3.63, 3.8) is 0 Å². The molecular weight excluding hydrogens is 297 g/mol. The molecule has 3 aromatic rings. The molecule has 0 spiro atoms. The second kappa shape index (κ2) is 6.31. The Morgan fingerprint density at radius 3 is 2.48 bits per heavy atom. The van der Waals surface area contributed by atoms with Crippen molar-refractivity contribution in [1.29, 1.82) is 0 Å². The fourth-order valence-electron chi connectivity index (χ4n) is 2.08. The average molecular weight is 311 g/mol. The van der Waals surface area contributed by atoms with Gasteiger partial charge in [-0.2, -0.15) is 5.10 Å². The van der Waals surface area contributed by atoms with Crippen molar-refractivity contribution in [1.82, 2.24) is 10.2 Å². The number of benzene rings is 2. The highest BCUT2D eigenvalue weighted by atomic mass is 19.1. The molecule has 0 atom stereocenters. The van der Waals surface area contributed by atoms with Crippen LogP contribution in [0, 0.1) is 5.82 Å². The van der Waals surface area contributed by atoms with E-state index in [9.17, 15) is 9.18 Å². The number of H-pyrrole nitrogens is 1. The van der Waals surface area contributed by atoms with E-state index in [1.807, 2.05) is 0 Å². The van der Waals surface area contributed by atoms with E-state index in [1.54, 1.807) is 49.6 Å². The van der Waals surface area contributed by atoms with Crippen molar-refractivity contribution >= 4 is 11.6 Å². The lowest BCUT2D eigenvalue weighted by Crippen LogP contribution is -2.12. The van der Waals surface area contributed by atoms with Crippen LogP contribution in [0.2, 0.25) is 0 Å². The van der Waals surface area contributed by atoms with Gasteiger partial charge in [0.2, 0.25) is 0 Å². The molecule has 0 unspecified atom stereocenters. The van der Waals surface area contributed by atoms with Crippen LogP contribution in [-0.2, 0) is 0 Å². The summed E-state index contributed by atoms with van der Waals surface area (Å²) in [6.07, 6.45) is 0. The van der Waals surface area contributed by atoms with E-state index in [1.165, 1.54) is 12.1 Å². The minimum Gasteiger partial charge on any atom is -0.497 e. The number of ether oxygens (including phenoxy) is 1. The van der Waals surface area contributed by atoms with Crippen LogP contribution in [-0.4, -0.2) is 23.2 Å². The van der Waals surface area contributed by atoms with Crippen LogP contribution in [0.25, 0.3) is 11.3 Å². The number of hydrogen-bond donors (Lipinski definition) is 2. The van der Waals surface area contributed by atoms with Crippen LogP contribution in [0.5, 0.6) is 5.75 Å². The van der Waals surface area contributed by atoms with Gasteiger partial charge >= 0.3 is 0 Å². The summed E-state index contributed by atoms with van der Waals surface area (Å²) >= 11 is 0. The quantitative estimate of drug-likeness (QED) is 0.775. The zero-order valence-corrected chi connectivity index (χ0v) is 12.3. The van der Waals surface area contributed by atoms with Gasteiger partial charge in [0.25, 0.3) is 5.91 Å². The van der Waals surface area contributed by atoms with Crippen molar-refractivity contribution in [2.75, 3.05) is 12.4 Å². The Balaban J connectivity index is 1.74. The third kappa shape index (κ3) is 3.37. The SMILES string of the molecule is COc1ccc(NC(=O)c2cc(-c3ccc(F)cc3)n[nH]2)cc1. The first-order valence-electron chi connectivity index (χ1n) is 6.92. The number of amides is 1. The Morgan fingerprint density at radius 1 is 1.13 bits per heavy atom. The van der Waals surface area contributed by atoms with Gasteiger partial charge < -0.3 is 10.1 Å². The van der Waals surface area contributed by atoms with Crippen molar-refractivity contribution in [2.24, 2.45) is 0 Å². The van der Waals surface area contributed by atoms with Gasteiger partial charge in [0, 0.05) is 11.3 Å². The molecule has 1 heterocycles. The number of rotatable bonds is 4. The lowest BCUT2D eigenvalue weighted by Gasteiger charge is -2.04. The molecule has 0 aliphatic carbocycles. The highest BCUT2D eigenvalue weighted by Gasteiger charge is 2.11. The standard InChI is InChI=1S/C17H14FN3O2/c1-23-14-8-6-13(7-9-14)19-17(22)16-10-15(20-21-16)11-2-4-12(18)5-3-11/h2-10H,1H3,(H,19,22)(H,20,21). The van der Waals surface area contributed by atoms with E-state index in [4.69, 9.17) is 4.74 Å². The van der Waals surface area contributed by atoms with E-state index in [2.05, 4.69) is 15.5 Å². The molecule has 2 N–H and O–H groups in total. The molecule has 1 amide bonds. The van der Waals surface area contributed by atoms with Gasteiger partial charge in [-0.1, -0.05) is 0 Å². The number of nitrogens with zero attached hydrogens (tertiary/aromatic N) is 1. The minimum atomic E-state index is -0.318. The predicted molar refractivity (Wildman–Crippen MR) is 84.9 cm³/mol. The molecule has 6 heteroatoms. The van der Waals surface area contributed by atoms with Gasteiger partial charge in [-0.05, 0) is 54.6 Å². The molecule has 23 heavy (non-hydrogen) atoms. The van der Waals surface area contributed by atoms with Gasteiger partial charge in [0.1, 0.15) is 17.3 Å². The molecule has 0 fully saturated rings. The number of anilines is 1. The van der Waals surface area contributed by atoms with E-state index in [0.29, 0.717) is 22.8 Å². The van der Waals surface area contributed by atoms with Crippen LogP contribution in [0.3, 0.4) is 0 Å². The molecule has 0 saturated carbocycles. The zero-order chi connectivity index (χ0) is 16.2. The maximum Gasteiger partial charge on any atom is 0.273 e. The van der Waals surface area contributed by atoms with Crippen molar-refractivity contribution < 1.29 is 13.9 Å². The number of halogens is 1. The normalized spacial score (nSPS) is 10.3. The largest absolute Gasteiger partial charge is 0.497 e. The Kier molecular flexibility index (Phi) is 4.05. The predicted octanol–water partition coefficient (Wildman–Crippen LogP) is 3.48. The Labute approximate surface area is 132 Å². The smallest absolute Gasteiger partial charge is 0.273 e. The number of hydrogen-bond acceptors (Lipinski definition) is 3. The molecule has 0 aliphatic heterocycles. The lowest BCUT2D eigenvalue weighted by atomic mass is 10.1. The van der Waals surface area contributed by atoms with Crippen LogP contribution in [0.15, 0.2) is 54.6 Å². The van der Waals surface area contributed by atoms with Gasteiger partial charge in [-0.3, -0.25) is 9.89 Å². The summed E-state index contributed by atoms with van der Waals surface area (Å²) in [5.41, 5.74) is 2.27.